The maximum atomic E-state index is 3.06. The number of nitrogens with one attached hydrogen (secondary N) is 1. The predicted molar refractivity (Wildman–Crippen MR) is 45.5 cm³/mol. The van der Waals surface area contributed by atoms with E-state index >= 15 is 0 Å². The van der Waals surface area contributed by atoms with Gasteiger partial charge in [0.1, 0.15) is 0 Å². The highest BCUT2D eigenvalue weighted by atomic mass is 14.8. The third-order valence-electron chi connectivity index (χ3n) is 1.78. The van der Waals surface area contributed by atoms with Crippen molar-refractivity contribution in [3.05, 3.63) is 0 Å². The first-order chi connectivity index (χ1) is 4.68. The van der Waals surface area contributed by atoms with Crippen LogP contribution in [0.1, 0.15) is 27.2 Å². The highest BCUT2D eigenvalue weighted by molar-refractivity contribution is 4.96. The fourth-order valence-corrected chi connectivity index (χ4v) is 0.536. The van der Waals surface area contributed by atoms with Gasteiger partial charge in [-0.15, -0.1) is 0 Å². The molecule has 10 heavy (non-hydrogen) atoms. The minimum Gasteiger partial charge on any atom is -0.349 e. The summed E-state index contributed by atoms with van der Waals surface area (Å²) in [6, 6.07) is 2.83. The molecule has 0 heterocycles. The van der Waals surface area contributed by atoms with Crippen LogP contribution in [0.15, 0.2) is 0 Å². The van der Waals surface area contributed by atoms with Crippen molar-refractivity contribution in [2.24, 2.45) is 11.8 Å². The van der Waals surface area contributed by atoms with Crippen molar-refractivity contribution in [3.8, 4) is 12.0 Å². The van der Waals surface area contributed by atoms with Crippen molar-refractivity contribution in [2.75, 3.05) is 7.05 Å². The Bertz CT molecular complexity index is 127. The summed E-state index contributed by atoms with van der Waals surface area (Å²) < 4.78 is 0. The van der Waals surface area contributed by atoms with Crippen LogP contribution in [0.5, 0.6) is 0 Å². The fraction of sp³-hybridized carbons (Fsp3) is 0.778. The Kier molecular flexibility index (Phi) is 4.84. The molecule has 0 aliphatic heterocycles. The topological polar surface area (TPSA) is 12.0 Å². The van der Waals surface area contributed by atoms with E-state index in [9.17, 15) is 0 Å². The Balaban J connectivity index is 3.48. The average molecular weight is 139 g/mol. The molecule has 0 saturated heterocycles. The third kappa shape index (κ3) is 4.26. The van der Waals surface area contributed by atoms with Crippen molar-refractivity contribution in [1.82, 2.24) is 5.32 Å². The second kappa shape index (κ2) is 5.17. The highest BCUT2D eigenvalue weighted by Gasteiger charge is 2.03. The zero-order valence-corrected chi connectivity index (χ0v) is 7.36. The van der Waals surface area contributed by atoms with Crippen LogP contribution in [0, 0.1) is 23.8 Å². The molecular weight excluding hydrogens is 122 g/mol. The molecule has 0 amide bonds. The molecule has 0 radical (unpaired) electrons. The number of hydrogen-bond acceptors (Lipinski definition) is 1. The molecule has 0 aliphatic rings. The SMILES string of the molecule is CNC#CCC(C)C(C)C. The van der Waals surface area contributed by atoms with E-state index in [0.29, 0.717) is 5.92 Å². The van der Waals surface area contributed by atoms with Crippen molar-refractivity contribution in [1.29, 1.82) is 0 Å². The average Bonchev–Trinajstić information content (AvgIpc) is 1.88. The van der Waals surface area contributed by atoms with Crippen molar-refractivity contribution >= 4 is 0 Å². The van der Waals surface area contributed by atoms with Crippen molar-refractivity contribution in [3.63, 3.8) is 0 Å². The lowest BCUT2D eigenvalue weighted by molar-refractivity contribution is 0.429. The van der Waals surface area contributed by atoms with Crippen LogP contribution >= 0.6 is 0 Å². The minimum atomic E-state index is 0.709. The summed E-state index contributed by atoms with van der Waals surface area (Å²) in [5, 5.41) is 2.80. The lowest BCUT2D eigenvalue weighted by Gasteiger charge is -2.10. The first-order valence-electron chi connectivity index (χ1n) is 3.83. The van der Waals surface area contributed by atoms with Crippen LogP contribution in [0.3, 0.4) is 0 Å². The van der Waals surface area contributed by atoms with Gasteiger partial charge in [-0.2, -0.15) is 0 Å². The lowest BCUT2D eigenvalue weighted by Crippen LogP contribution is -2.02. The van der Waals surface area contributed by atoms with Crippen molar-refractivity contribution in [2.45, 2.75) is 27.2 Å². The molecule has 1 nitrogen and oxygen atoms in total. The van der Waals surface area contributed by atoms with E-state index < -0.39 is 0 Å². The van der Waals surface area contributed by atoms with E-state index in [1.165, 1.54) is 0 Å². The summed E-state index contributed by atoms with van der Waals surface area (Å²) in [5.74, 6) is 4.51. The van der Waals surface area contributed by atoms with E-state index in [4.69, 9.17) is 0 Å². The molecule has 58 valence electrons. The van der Waals surface area contributed by atoms with Crippen molar-refractivity contribution < 1.29 is 0 Å². The summed E-state index contributed by atoms with van der Waals surface area (Å²) >= 11 is 0. The second-order valence-electron chi connectivity index (χ2n) is 2.98. The van der Waals surface area contributed by atoms with Gasteiger partial charge in [-0.3, -0.25) is 0 Å². The largest absolute Gasteiger partial charge is 0.349 e. The van der Waals surface area contributed by atoms with Gasteiger partial charge in [0.05, 0.1) is 0 Å². The van der Waals surface area contributed by atoms with Gasteiger partial charge in [-0.25, -0.2) is 0 Å². The van der Waals surface area contributed by atoms with E-state index in [-0.39, 0.29) is 0 Å². The Labute approximate surface area is 64.2 Å². The smallest absolute Gasteiger partial charge is 0.0135 e. The fourth-order valence-electron chi connectivity index (χ4n) is 0.536. The van der Waals surface area contributed by atoms with Crippen LogP contribution in [-0.4, -0.2) is 7.05 Å². The number of hydrogen-bond donors (Lipinski definition) is 1. The molecule has 0 saturated carbocycles. The Morgan fingerprint density at radius 3 is 2.30 bits per heavy atom. The number of rotatable bonds is 2. The van der Waals surface area contributed by atoms with Gasteiger partial charge in [0.25, 0.3) is 0 Å². The highest BCUT2D eigenvalue weighted by Crippen LogP contribution is 2.12. The van der Waals surface area contributed by atoms with Crippen LogP contribution in [0.4, 0.5) is 0 Å². The maximum absolute atomic E-state index is 3.06. The lowest BCUT2D eigenvalue weighted by atomic mass is 9.95. The minimum absolute atomic E-state index is 0.709. The molecule has 1 heteroatoms. The van der Waals surface area contributed by atoms with Gasteiger partial charge in [0, 0.05) is 19.5 Å². The molecule has 1 N–H and O–H groups in total. The molecule has 1 atom stereocenters. The summed E-state index contributed by atoms with van der Waals surface area (Å²) in [5.41, 5.74) is 0. The molecule has 0 fully saturated rings. The van der Waals surface area contributed by atoms with Crippen LogP contribution in [0.2, 0.25) is 0 Å². The Morgan fingerprint density at radius 2 is 1.90 bits per heavy atom. The first kappa shape index (κ1) is 9.36. The quantitative estimate of drug-likeness (QED) is 0.455. The zero-order chi connectivity index (χ0) is 7.98. The van der Waals surface area contributed by atoms with Crippen LogP contribution in [-0.2, 0) is 0 Å². The van der Waals surface area contributed by atoms with Gasteiger partial charge in [0.15, 0.2) is 0 Å². The second-order valence-corrected chi connectivity index (χ2v) is 2.98. The Hall–Kier alpha value is -0.640. The monoisotopic (exact) mass is 139 g/mol. The third-order valence-corrected chi connectivity index (χ3v) is 1.78. The molecule has 0 aliphatic carbocycles. The molecule has 0 bridgehead atoms. The van der Waals surface area contributed by atoms with Gasteiger partial charge < -0.3 is 5.32 Å². The molecule has 0 aromatic rings. The van der Waals surface area contributed by atoms with E-state index in [1.807, 2.05) is 7.05 Å². The summed E-state index contributed by atoms with van der Waals surface area (Å²) in [7, 11) is 1.84. The van der Waals surface area contributed by atoms with Gasteiger partial charge in [-0.05, 0) is 11.8 Å². The summed E-state index contributed by atoms with van der Waals surface area (Å²) in [4.78, 5) is 0. The van der Waals surface area contributed by atoms with Gasteiger partial charge >= 0.3 is 0 Å². The molecule has 0 aromatic heterocycles. The first-order valence-corrected chi connectivity index (χ1v) is 3.83. The van der Waals surface area contributed by atoms with Crippen LogP contribution < -0.4 is 5.32 Å². The van der Waals surface area contributed by atoms with E-state index in [0.717, 1.165) is 12.3 Å². The van der Waals surface area contributed by atoms with E-state index in [1.54, 1.807) is 0 Å². The van der Waals surface area contributed by atoms with E-state index in [2.05, 4.69) is 38.1 Å². The van der Waals surface area contributed by atoms with Gasteiger partial charge in [0.2, 0.25) is 0 Å². The maximum Gasteiger partial charge on any atom is 0.0135 e. The normalized spacial score (nSPS) is 12.1. The molecular formula is C9H17N. The predicted octanol–water partition coefficient (Wildman–Crippen LogP) is 1.85. The molecule has 0 spiro atoms. The molecule has 1 unspecified atom stereocenters. The summed E-state index contributed by atoms with van der Waals surface area (Å²) in [6.07, 6.45) is 0.999. The standard InChI is InChI=1S/C9H17N/c1-8(2)9(3)6-5-7-10-4/h8-10H,6H2,1-4H3. The van der Waals surface area contributed by atoms with Crippen LogP contribution in [0.25, 0.3) is 0 Å². The summed E-state index contributed by atoms with van der Waals surface area (Å²) in [6.45, 7) is 6.69. The molecule has 0 rings (SSSR count). The van der Waals surface area contributed by atoms with Gasteiger partial charge in [-0.1, -0.05) is 26.7 Å². The zero-order valence-electron chi connectivity index (χ0n) is 7.36. The Morgan fingerprint density at radius 1 is 1.30 bits per heavy atom. The molecule has 0 aromatic carbocycles.